The fourth-order valence-corrected chi connectivity index (χ4v) is 4.05. The van der Waals surface area contributed by atoms with Crippen molar-refractivity contribution in [2.75, 3.05) is 5.32 Å². The molecule has 1 aliphatic carbocycles. The van der Waals surface area contributed by atoms with E-state index in [-0.39, 0.29) is 5.54 Å². The van der Waals surface area contributed by atoms with Gasteiger partial charge in [-0.2, -0.15) is 0 Å². The summed E-state index contributed by atoms with van der Waals surface area (Å²) in [6.45, 7) is 0. The van der Waals surface area contributed by atoms with Crippen molar-refractivity contribution in [3.05, 3.63) is 64.6 Å². The number of aryl methyl sites for hydroxylation is 1. The molecule has 2 aromatic rings. The standard InChI is InChI=1S/C20H23BrN2S/c21-17-8-10-18(11-9-17)22-19(24)23-20(13-4-5-14-20)15-12-16-6-2-1-3-7-16/h1-3,6-11H,4-5,12-15H2,(H2,22,23,24). The van der Waals surface area contributed by atoms with Crippen LogP contribution in [0.5, 0.6) is 0 Å². The minimum Gasteiger partial charge on any atom is -0.357 e. The summed E-state index contributed by atoms with van der Waals surface area (Å²) < 4.78 is 1.07. The van der Waals surface area contributed by atoms with Gasteiger partial charge < -0.3 is 10.6 Å². The maximum atomic E-state index is 5.57. The normalized spacial score (nSPS) is 15.9. The van der Waals surface area contributed by atoms with Gasteiger partial charge in [0.2, 0.25) is 0 Å². The Hall–Kier alpha value is -1.39. The Morgan fingerprint density at radius 3 is 2.33 bits per heavy atom. The van der Waals surface area contributed by atoms with Crippen LogP contribution >= 0.6 is 28.1 Å². The first-order chi connectivity index (χ1) is 11.7. The maximum absolute atomic E-state index is 5.57. The van der Waals surface area contributed by atoms with E-state index in [9.17, 15) is 0 Å². The molecule has 2 N–H and O–H groups in total. The van der Waals surface area contributed by atoms with Crippen molar-refractivity contribution in [3.8, 4) is 0 Å². The Labute approximate surface area is 158 Å². The zero-order valence-electron chi connectivity index (χ0n) is 13.7. The van der Waals surface area contributed by atoms with E-state index in [4.69, 9.17) is 12.2 Å². The van der Waals surface area contributed by atoms with Crippen LogP contribution < -0.4 is 10.6 Å². The zero-order valence-corrected chi connectivity index (χ0v) is 16.1. The van der Waals surface area contributed by atoms with E-state index in [2.05, 4.69) is 56.9 Å². The molecule has 0 aliphatic heterocycles. The number of anilines is 1. The maximum Gasteiger partial charge on any atom is 0.171 e. The van der Waals surface area contributed by atoms with Gasteiger partial charge in [0.05, 0.1) is 0 Å². The highest BCUT2D eigenvalue weighted by Crippen LogP contribution is 2.34. The summed E-state index contributed by atoms with van der Waals surface area (Å²) >= 11 is 9.03. The van der Waals surface area contributed by atoms with E-state index in [1.807, 2.05) is 24.3 Å². The second-order valence-electron chi connectivity index (χ2n) is 6.56. The predicted molar refractivity (Wildman–Crippen MR) is 109 cm³/mol. The van der Waals surface area contributed by atoms with Crippen LogP contribution in [0.1, 0.15) is 37.7 Å². The molecule has 0 unspecified atom stereocenters. The quantitative estimate of drug-likeness (QED) is 0.628. The highest BCUT2D eigenvalue weighted by atomic mass is 79.9. The molecule has 3 rings (SSSR count). The smallest absolute Gasteiger partial charge is 0.171 e. The van der Waals surface area contributed by atoms with E-state index in [1.54, 1.807) is 0 Å². The van der Waals surface area contributed by atoms with Gasteiger partial charge in [-0.1, -0.05) is 59.1 Å². The molecule has 0 atom stereocenters. The SMILES string of the molecule is S=C(Nc1ccc(Br)cc1)NC1(CCc2ccccc2)CCCC1. The van der Waals surface area contributed by atoms with Gasteiger partial charge in [0, 0.05) is 15.7 Å². The van der Waals surface area contributed by atoms with Crippen molar-refractivity contribution < 1.29 is 0 Å². The first kappa shape index (κ1) is 17.4. The number of hydrogen-bond donors (Lipinski definition) is 2. The van der Waals surface area contributed by atoms with Crippen LogP contribution in [0.2, 0.25) is 0 Å². The largest absolute Gasteiger partial charge is 0.357 e. The molecule has 0 bridgehead atoms. The number of nitrogens with one attached hydrogen (secondary N) is 2. The monoisotopic (exact) mass is 402 g/mol. The molecule has 126 valence electrons. The Bertz CT molecular complexity index is 664. The molecule has 0 amide bonds. The Balaban J connectivity index is 1.60. The Morgan fingerprint density at radius 1 is 1.00 bits per heavy atom. The highest BCUT2D eigenvalue weighted by molar-refractivity contribution is 9.10. The van der Waals surface area contributed by atoms with Crippen molar-refractivity contribution in [1.82, 2.24) is 5.32 Å². The van der Waals surface area contributed by atoms with E-state index in [0.717, 1.165) is 28.1 Å². The van der Waals surface area contributed by atoms with Crippen molar-refractivity contribution in [3.63, 3.8) is 0 Å². The van der Waals surface area contributed by atoms with Gasteiger partial charge in [0.15, 0.2) is 5.11 Å². The molecule has 2 nitrogen and oxygen atoms in total. The molecule has 24 heavy (non-hydrogen) atoms. The molecule has 0 heterocycles. The summed E-state index contributed by atoms with van der Waals surface area (Å²) in [5.41, 5.74) is 2.55. The summed E-state index contributed by atoms with van der Waals surface area (Å²) in [4.78, 5) is 0. The third-order valence-electron chi connectivity index (χ3n) is 4.78. The topological polar surface area (TPSA) is 24.1 Å². The Morgan fingerprint density at radius 2 is 1.67 bits per heavy atom. The Kier molecular flexibility index (Phi) is 5.90. The van der Waals surface area contributed by atoms with Crippen molar-refractivity contribution in [1.29, 1.82) is 0 Å². The fraction of sp³-hybridized carbons (Fsp3) is 0.350. The fourth-order valence-electron chi connectivity index (χ4n) is 3.45. The van der Waals surface area contributed by atoms with Crippen LogP contribution in [0, 0.1) is 0 Å². The summed E-state index contributed by atoms with van der Waals surface area (Å²) in [6.07, 6.45) is 7.17. The zero-order chi connectivity index (χ0) is 16.8. The molecule has 0 radical (unpaired) electrons. The van der Waals surface area contributed by atoms with E-state index >= 15 is 0 Å². The number of thiocarbonyl (C=S) groups is 1. The number of rotatable bonds is 5. The van der Waals surface area contributed by atoms with Gasteiger partial charge in [-0.15, -0.1) is 0 Å². The highest BCUT2D eigenvalue weighted by Gasteiger charge is 2.33. The second kappa shape index (κ2) is 8.13. The van der Waals surface area contributed by atoms with E-state index < -0.39 is 0 Å². The first-order valence-corrected chi connectivity index (χ1v) is 9.74. The van der Waals surface area contributed by atoms with Crippen molar-refractivity contribution in [2.45, 2.75) is 44.1 Å². The molecule has 1 aliphatic rings. The third kappa shape index (κ3) is 4.81. The van der Waals surface area contributed by atoms with Crippen LogP contribution in [-0.4, -0.2) is 10.7 Å². The number of halogens is 1. The molecule has 1 saturated carbocycles. The summed E-state index contributed by atoms with van der Waals surface area (Å²) in [5.74, 6) is 0. The predicted octanol–water partition coefficient (Wildman–Crippen LogP) is 5.68. The molecular weight excluding hydrogens is 380 g/mol. The van der Waals surface area contributed by atoms with Gasteiger partial charge in [-0.3, -0.25) is 0 Å². The lowest BCUT2D eigenvalue weighted by Gasteiger charge is -2.32. The first-order valence-electron chi connectivity index (χ1n) is 8.54. The van der Waals surface area contributed by atoms with Crippen LogP contribution in [0.15, 0.2) is 59.1 Å². The van der Waals surface area contributed by atoms with Crippen molar-refractivity contribution >= 4 is 38.9 Å². The van der Waals surface area contributed by atoms with Gasteiger partial charge >= 0.3 is 0 Å². The summed E-state index contributed by atoms with van der Waals surface area (Å²) in [6, 6.07) is 18.8. The minimum absolute atomic E-state index is 0.134. The molecule has 1 fully saturated rings. The average molecular weight is 403 g/mol. The number of benzene rings is 2. The summed E-state index contributed by atoms with van der Waals surface area (Å²) in [7, 11) is 0. The molecule has 0 aromatic heterocycles. The lowest BCUT2D eigenvalue weighted by molar-refractivity contribution is 0.362. The molecule has 4 heteroatoms. The molecule has 2 aromatic carbocycles. The van der Waals surface area contributed by atoms with E-state index in [0.29, 0.717) is 0 Å². The number of hydrogen-bond acceptors (Lipinski definition) is 1. The molecular formula is C20H23BrN2S. The molecule has 0 spiro atoms. The van der Waals surface area contributed by atoms with Gasteiger partial charge in [-0.25, -0.2) is 0 Å². The van der Waals surface area contributed by atoms with E-state index in [1.165, 1.54) is 31.2 Å². The van der Waals surface area contributed by atoms with Crippen molar-refractivity contribution in [2.24, 2.45) is 0 Å². The van der Waals surface area contributed by atoms with Crippen LogP contribution in [0.25, 0.3) is 0 Å². The van der Waals surface area contributed by atoms with Gasteiger partial charge in [0.1, 0.15) is 0 Å². The van der Waals surface area contributed by atoms with Gasteiger partial charge in [-0.05, 0) is 67.7 Å². The molecule has 0 saturated heterocycles. The van der Waals surface area contributed by atoms with Crippen LogP contribution in [-0.2, 0) is 6.42 Å². The third-order valence-corrected chi connectivity index (χ3v) is 5.51. The average Bonchev–Trinajstić information content (AvgIpc) is 3.05. The van der Waals surface area contributed by atoms with Gasteiger partial charge in [0.25, 0.3) is 0 Å². The van der Waals surface area contributed by atoms with Crippen LogP contribution in [0.3, 0.4) is 0 Å². The second-order valence-corrected chi connectivity index (χ2v) is 7.88. The van der Waals surface area contributed by atoms with Crippen LogP contribution in [0.4, 0.5) is 5.69 Å². The lowest BCUT2D eigenvalue weighted by Crippen LogP contribution is -2.48. The summed E-state index contributed by atoms with van der Waals surface area (Å²) in [5, 5.41) is 7.68. The minimum atomic E-state index is 0.134. The lowest BCUT2D eigenvalue weighted by atomic mass is 9.89.